The van der Waals surface area contributed by atoms with E-state index in [2.05, 4.69) is 20.3 Å². The number of rotatable bonds is 3. The van der Waals surface area contributed by atoms with Crippen molar-refractivity contribution in [2.24, 2.45) is 0 Å². The van der Waals surface area contributed by atoms with Gasteiger partial charge in [0.15, 0.2) is 5.82 Å². The zero-order valence-electron chi connectivity index (χ0n) is 12.5. The fourth-order valence-corrected chi connectivity index (χ4v) is 2.28. The minimum Gasteiger partial charge on any atom is -0.324 e. The number of hydrogen-bond acceptors (Lipinski definition) is 4. The van der Waals surface area contributed by atoms with Crippen molar-refractivity contribution in [1.82, 2.24) is 15.0 Å². The van der Waals surface area contributed by atoms with Gasteiger partial charge in [0.1, 0.15) is 7.85 Å². The van der Waals surface area contributed by atoms with Gasteiger partial charge in [-0.05, 0) is 29.8 Å². The molecule has 25 heavy (non-hydrogen) atoms. The molecule has 4 nitrogen and oxygen atoms in total. The maximum atomic E-state index is 12.8. The quantitative estimate of drug-likeness (QED) is 0.723. The van der Waals surface area contributed by atoms with Crippen LogP contribution in [0.4, 0.5) is 24.8 Å². The summed E-state index contributed by atoms with van der Waals surface area (Å²) < 4.78 is 38.4. The lowest BCUT2D eigenvalue weighted by atomic mass is 9.94. The van der Waals surface area contributed by atoms with Gasteiger partial charge in [-0.1, -0.05) is 35.8 Å². The normalized spacial score (nSPS) is 11.4. The second kappa shape index (κ2) is 6.72. The molecule has 0 aliphatic carbocycles. The van der Waals surface area contributed by atoms with Crippen LogP contribution in [0.3, 0.4) is 0 Å². The van der Waals surface area contributed by atoms with Gasteiger partial charge in [0.25, 0.3) is 0 Å². The van der Waals surface area contributed by atoms with Crippen LogP contribution in [-0.2, 0) is 6.18 Å². The Kier molecular flexibility index (Phi) is 4.63. The largest absolute Gasteiger partial charge is 0.416 e. The first-order chi connectivity index (χ1) is 11.8. The molecule has 0 spiro atoms. The number of hydrogen-bond donors (Lipinski definition) is 1. The Morgan fingerprint density at radius 1 is 0.960 bits per heavy atom. The topological polar surface area (TPSA) is 50.7 Å². The third-order valence-electron chi connectivity index (χ3n) is 3.20. The lowest BCUT2D eigenvalue weighted by molar-refractivity contribution is -0.137. The zero-order chi connectivity index (χ0) is 18.0. The first-order valence-electron chi connectivity index (χ1n) is 7.03. The van der Waals surface area contributed by atoms with E-state index in [1.165, 1.54) is 12.1 Å². The summed E-state index contributed by atoms with van der Waals surface area (Å²) in [5, 5.41) is 2.61. The fourth-order valence-electron chi connectivity index (χ4n) is 2.12. The third-order valence-corrected chi connectivity index (χ3v) is 3.37. The molecular weight excluding hydrogens is 351 g/mol. The Balaban J connectivity index is 1.94. The Morgan fingerprint density at radius 3 is 2.44 bits per heavy atom. The van der Waals surface area contributed by atoms with E-state index < -0.39 is 11.7 Å². The standard InChI is InChI=1S/C16H9BClF3N4/c17-11-5-1-3-9(7-11)13-23-14(18)25-15(24-13)22-12-6-2-4-10(8-12)16(19,20)21/h1-8H,(H,22,23,24,25). The van der Waals surface area contributed by atoms with E-state index in [1.54, 1.807) is 24.3 Å². The van der Waals surface area contributed by atoms with Crippen LogP contribution in [0, 0.1) is 0 Å². The first-order valence-corrected chi connectivity index (χ1v) is 7.41. The molecule has 1 heterocycles. The van der Waals surface area contributed by atoms with Crippen molar-refractivity contribution in [3.8, 4) is 11.4 Å². The molecule has 1 N–H and O–H groups in total. The summed E-state index contributed by atoms with van der Waals surface area (Å²) in [6.45, 7) is 0. The second-order valence-corrected chi connectivity index (χ2v) is 5.42. The number of nitrogens with zero attached hydrogens (tertiary/aromatic N) is 3. The van der Waals surface area contributed by atoms with Gasteiger partial charge in [0.2, 0.25) is 11.2 Å². The molecule has 0 aliphatic heterocycles. The molecule has 3 rings (SSSR count). The maximum Gasteiger partial charge on any atom is 0.416 e. The average molecular weight is 361 g/mol. The summed E-state index contributed by atoms with van der Waals surface area (Å²) >= 11 is 5.90. The van der Waals surface area contributed by atoms with Crippen LogP contribution < -0.4 is 10.8 Å². The average Bonchev–Trinajstić information content (AvgIpc) is 2.54. The van der Waals surface area contributed by atoms with Crippen LogP contribution in [0.25, 0.3) is 11.4 Å². The van der Waals surface area contributed by atoms with E-state index in [4.69, 9.17) is 19.4 Å². The van der Waals surface area contributed by atoms with Crippen LogP contribution in [0.2, 0.25) is 5.28 Å². The number of halogens is 4. The first kappa shape index (κ1) is 17.2. The van der Waals surface area contributed by atoms with Crippen molar-refractivity contribution < 1.29 is 13.2 Å². The number of alkyl halides is 3. The molecule has 0 amide bonds. The zero-order valence-corrected chi connectivity index (χ0v) is 13.3. The number of nitrogens with one attached hydrogen (secondary N) is 1. The smallest absolute Gasteiger partial charge is 0.324 e. The molecule has 0 unspecified atom stereocenters. The van der Waals surface area contributed by atoms with Gasteiger partial charge in [-0.2, -0.15) is 28.1 Å². The molecule has 0 atom stereocenters. The highest BCUT2D eigenvalue weighted by atomic mass is 35.5. The fraction of sp³-hybridized carbons (Fsp3) is 0.0625. The Bertz CT molecular complexity index is 918. The molecule has 3 aromatic rings. The van der Waals surface area contributed by atoms with Gasteiger partial charge < -0.3 is 5.32 Å². The van der Waals surface area contributed by atoms with Crippen molar-refractivity contribution in [1.29, 1.82) is 0 Å². The molecule has 0 aliphatic rings. The predicted octanol–water partition coefficient (Wildman–Crippen LogP) is 3.75. The van der Waals surface area contributed by atoms with Crippen molar-refractivity contribution in [3.05, 3.63) is 59.4 Å². The second-order valence-electron chi connectivity index (χ2n) is 5.08. The van der Waals surface area contributed by atoms with Crippen molar-refractivity contribution in [2.75, 3.05) is 5.32 Å². The number of benzene rings is 2. The number of aromatic nitrogens is 3. The van der Waals surface area contributed by atoms with Crippen LogP contribution in [0.5, 0.6) is 0 Å². The minimum atomic E-state index is -4.44. The highest BCUT2D eigenvalue weighted by molar-refractivity contribution is 6.32. The molecule has 9 heteroatoms. The Hall–Kier alpha value is -2.61. The van der Waals surface area contributed by atoms with E-state index >= 15 is 0 Å². The highest BCUT2D eigenvalue weighted by Gasteiger charge is 2.30. The lowest BCUT2D eigenvalue weighted by Crippen LogP contribution is -2.07. The molecule has 2 aromatic carbocycles. The molecule has 1 aromatic heterocycles. The maximum absolute atomic E-state index is 12.8. The molecule has 2 radical (unpaired) electrons. The molecule has 0 bridgehead atoms. The van der Waals surface area contributed by atoms with E-state index in [-0.39, 0.29) is 22.7 Å². The van der Waals surface area contributed by atoms with Crippen LogP contribution >= 0.6 is 11.6 Å². The summed E-state index contributed by atoms with van der Waals surface area (Å²) in [6, 6.07) is 11.5. The minimum absolute atomic E-state index is 0.0248. The van der Waals surface area contributed by atoms with Gasteiger partial charge in [-0.15, -0.1) is 0 Å². The lowest BCUT2D eigenvalue weighted by Gasteiger charge is -2.10. The van der Waals surface area contributed by atoms with E-state index in [1.807, 2.05) is 0 Å². The van der Waals surface area contributed by atoms with E-state index in [0.717, 1.165) is 12.1 Å². The molecular formula is C16H9BClF3N4. The highest BCUT2D eigenvalue weighted by Crippen LogP contribution is 2.31. The van der Waals surface area contributed by atoms with E-state index in [9.17, 15) is 13.2 Å². The Morgan fingerprint density at radius 2 is 1.72 bits per heavy atom. The molecule has 0 saturated heterocycles. The van der Waals surface area contributed by atoms with Gasteiger partial charge in [0, 0.05) is 11.3 Å². The van der Waals surface area contributed by atoms with Crippen LogP contribution in [0.15, 0.2) is 48.5 Å². The van der Waals surface area contributed by atoms with Crippen LogP contribution in [-0.4, -0.2) is 22.8 Å². The summed E-state index contributed by atoms with van der Waals surface area (Å²) in [5.74, 6) is 0.276. The van der Waals surface area contributed by atoms with Crippen molar-refractivity contribution >= 4 is 36.5 Å². The third kappa shape index (κ3) is 4.27. The monoisotopic (exact) mass is 360 g/mol. The molecule has 124 valence electrons. The van der Waals surface area contributed by atoms with Crippen molar-refractivity contribution in [2.45, 2.75) is 6.18 Å². The molecule has 0 fully saturated rings. The summed E-state index contributed by atoms with van der Waals surface area (Å²) in [6.07, 6.45) is -4.44. The van der Waals surface area contributed by atoms with Crippen molar-refractivity contribution in [3.63, 3.8) is 0 Å². The Labute approximate surface area is 147 Å². The summed E-state index contributed by atoms with van der Waals surface area (Å²) in [5.41, 5.74) is 0.516. The van der Waals surface area contributed by atoms with Gasteiger partial charge in [-0.3, -0.25) is 0 Å². The van der Waals surface area contributed by atoms with Gasteiger partial charge in [0.05, 0.1) is 5.56 Å². The summed E-state index contributed by atoms with van der Waals surface area (Å²) in [4.78, 5) is 12.1. The summed E-state index contributed by atoms with van der Waals surface area (Å²) in [7, 11) is 5.73. The van der Waals surface area contributed by atoms with E-state index in [0.29, 0.717) is 11.0 Å². The number of anilines is 2. The van der Waals surface area contributed by atoms with Crippen LogP contribution in [0.1, 0.15) is 5.56 Å². The van der Waals surface area contributed by atoms with Gasteiger partial charge >= 0.3 is 6.18 Å². The molecule has 0 saturated carbocycles. The predicted molar refractivity (Wildman–Crippen MR) is 90.4 cm³/mol. The SMILES string of the molecule is [B]c1cccc(-c2nc(Cl)nc(Nc3cccc(C(F)(F)F)c3)n2)c1. The van der Waals surface area contributed by atoms with Gasteiger partial charge in [-0.25, -0.2) is 0 Å².